The predicted molar refractivity (Wildman–Crippen MR) is 133 cm³/mol. The fourth-order valence-electron chi connectivity index (χ4n) is 5.60. The monoisotopic (exact) mass is 461 g/mol. The lowest BCUT2D eigenvalue weighted by molar-refractivity contribution is -0.117. The first-order valence-corrected chi connectivity index (χ1v) is 12.6. The number of carbonyl (C=O) groups is 2. The van der Waals surface area contributed by atoms with Crippen LogP contribution in [0.4, 0.5) is 5.69 Å². The third-order valence-corrected chi connectivity index (χ3v) is 7.74. The fraction of sp³-hybridized carbons (Fsp3) is 0.500. The number of hydrogen-bond donors (Lipinski definition) is 1. The first-order chi connectivity index (χ1) is 16.5. The molecule has 2 aromatic carbocycles. The van der Waals surface area contributed by atoms with Gasteiger partial charge in [-0.05, 0) is 68.4 Å². The van der Waals surface area contributed by atoms with Crippen LogP contribution < -0.4 is 10.2 Å². The Labute approximate surface area is 202 Å². The lowest BCUT2D eigenvalue weighted by Crippen LogP contribution is -2.45. The van der Waals surface area contributed by atoms with E-state index in [4.69, 9.17) is 4.74 Å². The van der Waals surface area contributed by atoms with Crippen LogP contribution >= 0.6 is 0 Å². The van der Waals surface area contributed by atoms with E-state index in [1.807, 2.05) is 18.2 Å². The summed E-state index contributed by atoms with van der Waals surface area (Å²) in [5, 5.41) is 3.06. The Morgan fingerprint density at radius 2 is 1.91 bits per heavy atom. The molecule has 3 fully saturated rings. The summed E-state index contributed by atoms with van der Waals surface area (Å²) in [6.45, 7) is 6.54. The van der Waals surface area contributed by atoms with Gasteiger partial charge in [0.25, 0.3) is 5.91 Å². The quantitative estimate of drug-likeness (QED) is 0.705. The molecule has 0 radical (unpaired) electrons. The second kappa shape index (κ2) is 9.88. The molecule has 0 saturated carbocycles. The molecule has 0 aliphatic carbocycles. The number of aryl methyl sites for hydroxylation is 1. The average Bonchev–Trinajstić information content (AvgIpc) is 3.47. The van der Waals surface area contributed by atoms with Gasteiger partial charge in [0.05, 0.1) is 11.7 Å². The molecule has 1 unspecified atom stereocenters. The van der Waals surface area contributed by atoms with E-state index in [0.717, 1.165) is 64.0 Å². The molecule has 3 aliphatic rings. The van der Waals surface area contributed by atoms with Crippen molar-refractivity contribution in [3.05, 3.63) is 65.2 Å². The zero-order valence-electron chi connectivity index (χ0n) is 20.1. The standard InChI is InChI=1S/C28H35N3O3/c1-21-6-2-3-7-23(21)20-30-16-13-28(14-17-30)12-11-25(34-28)19-29-27(33)22-8-4-9-24(18-22)31-15-5-10-26(31)32/h2-4,6-9,18,25H,5,10-17,19-20H2,1H3,(H,29,33). The number of likely N-dealkylation sites (tertiary alicyclic amines) is 1. The van der Waals surface area contributed by atoms with Crippen LogP contribution in [0.3, 0.4) is 0 Å². The van der Waals surface area contributed by atoms with Crippen molar-refractivity contribution in [1.82, 2.24) is 10.2 Å². The fourth-order valence-corrected chi connectivity index (χ4v) is 5.60. The van der Waals surface area contributed by atoms with Crippen LogP contribution in [0.15, 0.2) is 48.5 Å². The molecule has 0 bridgehead atoms. The molecule has 3 heterocycles. The minimum atomic E-state index is -0.105. The van der Waals surface area contributed by atoms with E-state index in [-0.39, 0.29) is 23.5 Å². The van der Waals surface area contributed by atoms with E-state index in [0.29, 0.717) is 18.5 Å². The molecule has 5 rings (SSSR count). The van der Waals surface area contributed by atoms with Crippen LogP contribution in [-0.4, -0.2) is 54.6 Å². The molecule has 6 nitrogen and oxygen atoms in total. The van der Waals surface area contributed by atoms with Crippen molar-refractivity contribution < 1.29 is 14.3 Å². The highest BCUT2D eigenvalue weighted by molar-refractivity contribution is 5.99. The maximum Gasteiger partial charge on any atom is 0.251 e. The molecule has 1 N–H and O–H groups in total. The van der Waals surface area contributed by atoms with Gasteiger partial charge >= 0.3 is 0 Å². The van der Waals surface area contributed by atoms with Crippen LogP contribution in [-0.2, 0) is 16.1 Å². The Bertz CT molecular complexity index is 1040. The summed E-state index contributed by atoms with van der Waals surface area (Å²) >= 11 is 0. The van der Waals surface area contributed by atoms with Gasteiger partial charge in [-0.2, -0.15) is 0 Å². The van der Waals surface area contributed by atoms with Crippen LogP contribution in [0.1, 0.15) is 60.0 Å². The predicted octanol–water partition coefficient (Wildman–Crippen LogP) is 4.07. The number of nitrogens with one attached hydrogen (secondary N) is 1. The van der Waals surface area contributed by atoms with E-state index in [2.05, 4.69) is 41.4 Å². The molecule has 1 spiro atoms. The normalized spacial score (nSPS) is 22.4. The summed E-state index contributed by atoms with van der Waals surface area (Å²) in [5.74, 6) is 0.0262. The summed E-state index contributed by atoms with van der Waals surface area (Å²) in [6, 6.07) is 16.0. The SMILES string of the molecule is Cc1ccccc1CN1CCC2(CCC(CNC(=O)c3cccc(N4CCCC4=O)c3)O2)CC1. The molecule has 6 heteroatoms. The van der Waals surface area contributed by atoms with Gasteiger partial charge in [0.1, 0.15) is 0 Å². The van der Waals surface area contributed by atoms with E-state index in [9.17, 15) is 9.59 Å². The summed E-state index contributed by atoms with van der Waals surface area (Å²) in [6.07, 6.45) is 5.68. The van der Waals surface area contributed by atoms with Gasteiger partial charge in [0.15, 0.2) is 0 Å². The summed E-state index contributed by atoms with van der Waals surface area (Å²) in [7, 11) is 0. The maximum absolute atomic E-state index is 12.8. The highest BCUT2D eigenvalue weighted by Gasteiger charge is 2.42. The van der Waals surface area contributed by atoms with Gasteiger partial charge in [0, 0.05) is 50.4 Å². The van der Waals surface area contributed by atoms with Crippen molar-refractivity contribution in [2.75, 3.05) is 31.1 Å². The smallest absolute Gasteiger partial charge is 0.251 e. The molecule has 3 saturated heterocycles. The van der Waals surface area contributed by atoms with Crippen molar-refractivity contribution in [3.63, 3.8) is 0 Å². The van der Waals surface area contributed by atoms with Crippen LogP contribution in [0.5, 0.6) is 0 Å². The Balaban J connectivity index is 1.10. The molecule has 34 heavy (non-hydrogen) atoms. The molecule has 2 aromatic rings. The molecule has 0 aromatic heterocycles. The average molecular weight is 462 g/mol. The minimum Gasteiger partial charge on any atom is -0.370 e. The third kappa shape index (κ3) is 5.03. The molecule has 2 amide bonds. The highest BCUT2D eigenvalue weighted by atomic mass is 16.5. The first-order valence-electron chi connectivity index (χ1n) is 12.6. The van der Waals surface area contributed by atoms with Crippen molar-refractivity contribution in [1.29, 1.82) is 0 Å². The van der Waals surface area contributed by atoms with Crippen molar-refractivity contribution in [2.24, 2.45) is 0 Å². The van der Waals surface area contributed by atoms with E-state index in [1.165, 1.54) is 11.1 Å². The number of nitrogens with zero attached hydrogens (tertiary/aromatic N) is 2. The van der Waals surface area contributed by atoms with Gasteiger partial charge in [-0.15, -0.1) is 0 Å². The zero-order chi connectivity index (χ0) is 23.5. The molecular formula is C28H35N3O3. The van der Waals surface area contributed by atoms with E-state index < -0.39 is 0 Å². The third-order valence-electron chi connectivity index (χ3n) is 7.74. The van der Waals surface area contributed by atoms with Gasteiger partial charge in [-0.25, -0.2) is 0 Å². The Morgan fingerprint density at radius 1 is 1.09 bits per heavy atom. The Morgan fingerprint density at radius 3 is 2.68 bits per heavy atom. The lowest BCUT2D eigenvalue weighted by Gasteiger charge is -2.39. The van der Waals surface area contributed by atoms with Crippen LogP contribution in [0.2, 0.25) is 0 Å². The van der Waals surface area contributed by atoms with Gasteiger partial charge in [-0.3, -0.25) is 14.5 Å². The number of rotatable bonds is 6. The second-order valence-corrected chi connectivity index (χ2v) is 10.1. The van der Waals surface area contributed by atoms with Crippen molar-refractivity contribution in [2.45, 2.75) is 63.7 Å². The number of anilines is 1. The lowest BCUT2D eigenvalue weighted by atomic mass is 9.88. The summed E-state index contributed by atoms with van der Waals surface area (Å²) < 4.78 is 6.52. The van der Waals surface area contributed by atoms with Gasteiger partial charge in [-0.1, -0.05) is 30.3 Å². The number of ether oxygens (including phenoxy) is 1. The van der Waals surface area contributed by atoms with E-state index in [1.54, 1.807) is 11.0 Å². The Kier molecular flexibility index (Phi) is 6.70. The summed E-state index contributed by atoms with van der Waals surface area (Å²) in [5.41, 5.74) is 4.13. The first kappa shape index (κ1) is 23.1. The van der Waals surface area contributed by atoms with Gasteiger partial charge < -0.3 is 15.0 Å². The molecule has 3 aliphatic heterocycles. The molecule has 180 valence electrons. The molecular weight excluding hydrogens is 426 g/mol. The van der Waals surface area contributed by atoms with E-state index >= 15 is 0 Å². The molecule has 1 atom stereocenters. The minimum absolute atomic E-state index is 0.0341. The number of piperidine rings is 1. The number of carbonyl (C=O) groups excluding carboxylic acids is 2. The zero-order valence-corrected chi connectivity index (χ0v) is 20.1. The van der Waals surface area contributed by atoms with Crippen molar-refractivity contribution in [3.8, 4) is 0 Å². The second-order valence-electron chi connectivity index (χ2n) is 10.1. The number of hydrogen-bond acceptors (Lipinski definition) is 4. The topological polar surface area (TPSA) is 61.9 Å². The van der Waals surface area contributed by atoms with Crippen LogP contribution in [0, 0.1) is 6.92 Å². The van der Waals surface area contributed by atoms with Crippen molar-refractivity contribution >= 4 is 17.5 Å². The maximum atomic E-state index is 12.8. The van der Waals surface area contributed by atoms with Gasteiger partial charge in [0.2, 0.25) is 5.91 Å². The summed E-state index contributed by atoms with van der Waals surface area (Å²) in [4.78, 5) is 29.1. The largest absolute Gasteiger partial charge is 0.370 e. The Hall–Kier alpha value is -2.70. The van der Waals surface area contributed by atoms with Crippen LogP contribution in [0.25, 0.3) is 0 Å². The number of amides is 2. The number of benzene rings is 2. The highest BCUT2D eigenvalue weighted by Crippen LogP contribution is 2.39.